The first-order valence-electron chi connectivity index (χ1n) is 7.20. The maximum Gasteiger partial charge on any atom is 0.124 e. The largest absolute Gasteiger partial charge is 0.395 e. The Bertz CT molecular complexity index is 620. The molecule has 0 saturated carbocycles. The number of nitrogens with zero attached hydrogens (tertiary/aromatic N) is 3. The van der Waals surface area contributed by atoms with Crippen molar-refractivity contribution in [3.8, 4) is 0 Å². The van der Waals surface area contributed by atoms with Crippen molar-refractivity contribution in [3.63, 3.8) is 0 Å². The smallest absolute Gasteiger partial charge is 0.124 e. The Morgan fingerprint density at radius 3 is 2.62 bits per heavy atom. The van der Waals surface area contributed by atoms with E-state index in [2.05, 4.69) is 47.7 Å². The zero-order chi connectivity index (χ0) is 15.2. The van der Waals surface area contributed by atoms with Gasteiger partial charge in [-0.2, -0.15) is 0 Å². The number of imidazole rings is 1. The Morgan fingerprint density at radius 1 is 1.29 bits per heavy atom. The molecule has 0 unspecified atom stereocenters. The van der Waals surface area contributed by atoms with E-state index in [1.54, 1.807) is 0 Å². The molecule has 0 spiro atoms. The summed E-state index contributed by atoms with van der Waals surface area (Å²) in [4.78, 5) is 6.95. The Kier molecular flexibility index (Phi) is 5.31. The fraction of sp³-hybridized carbons (Fsp3) is 0.353. The van der Waals surface area contributed by atoms with Gasteiger partial charge in [0.1, 0.15) is 5.82 Å². The number of aromatic nitrogens is 2. The van der Waals surface area contributed by atoms with Crippen LogP contribution in [0.2, 0.25) is 0 Å². The van der Waals surface area contributed by atoms with Gasteiger partial charge in [-0.15, -0.1) is 13.2 Å². The molecule has 2 aromatic rings. The van der Waals surface area contributed by atoms with Gasteiger partial charge in [0.25, 0.3) is 0 Å². The van der Waals surface area contributed by atoms with E-state index in [9.17, 15) is 5.11 Å². The second kappa shape index (κ2) is 7.20. The van der Waals surface area contributed by atoms with Crippen LogP contribution in [0.5, 0.6) is 0 Å². The third-order valence-corrected chi connectivity index (χ3v) is 3.45. The van der Waals surface area contributed by atoms with Crippen molar-refractivity contribution in [2.75, 3.05) is 19.7 Å². The van der Waals surface area contributed by atoms with Crippen molar-refractivity contribution in [1.29, 1.82) is 0 Å². The van der Waals surface area contributed by atoms with Crippen molar-refractivity contribution < 1.29 is 5.11 Å². The van der Waals surface area contributed by atoms with Gasteiger partial charge in [0.2, 0.25) is 0 Å². The van der Waals surface area contributed by atoms with Gasteiger partial charge < -0.3 is 9.67 Å². The normalized spacial score (nSPS) is 11.2. The Hall–Kier alpha value is -1.91. The second-order valence-corrected chi connectivity index (χ2v) is 5.17. The fourth-order valence-corrected chi connectivity index (χ4v) is 2.53. The SMILES string of the molecule is C=CCN(CC=C)Cc1nc2cc(C)ccc2n1CCO. The van der Waals surface area contributed by atoms with Crippen molar-refractivity contribution in [1.82, 2.24) is 14.5 Å². The van der Waals surface area contributed by atoms with Crippen LogP contribution in [0.3, 0.4) is 0 Å². The molecule has 4 nitrogen and oxygen atoms in total. The summed E-state index contributed by atoms with van der Waals surface area (Å²) in [5.41, 5.74) is 3.24. The molecule has 1 N–H and O–H groups in total. The summed E-state index contributed by atoms with van der Waals surface area (Å²) in [5, 5.41) is 9.32. The molecule has 112 valence electrons. The Morgan fingerprint density at radius 2 is 2.00 bits per heavy atom. The standard InChI is InChI=1S/C17H23N3O/c1-4-8-19(9-5-2)13-17-18-15-12-14(3)6-7-16(15)20(17)10-11-21/h4-7,12,21H,1-2,8-11,13H2,3H3. The number of aliphatic hydroxyl groups is 1. The highest BCUT2D eigenvalue weighted by Crippen LogP contribution is 2.19. The molecule has 2 rings (SSSR count). The summed E-state index contributed by atoms with van der Waals surface area (Å²) in [6.45, 7) is 12.6. The number of benzene rings is 1. The molecule has 4 heteroatoms. The molecular weight excluding hydrogens is 262 g/mol. The van der Waals surface area contributed by atoms with Crippen molar-refractivity contribution in [2.24, 2.45) is 0 Å². The van der Waals surface area contributed by atoms with E-state index in [0.29, 0.717) is 13.1 Å². The minimum Gasteiger partial charge on any atom is -0.395 e. The van der Waals surface area contributed by atoms with E-state index in [1.165, 1.54) is 5.56 Å². The highest BCUT2D eigenvalue weighted by atomic mass is 16.3. The van der Waals surface area contributed by atoms with Crippen LogP contribution in [0.4, 0.5) is 0 Å². The lowest BCUT2D eigenvalue weighted by atomic mass is 10.2. The first-order valence-corrected chi connectivity index (χ1v) is 7.20. The van der Waals surface area contributed by atoms with Crippen LogP contribution in [-0.4, -0.2) is 39.3 Å². The molecule has 0 atom stereocenters. The van der Waals surface area contributed by atoms with Gasteiger partial charge in [0, 0.05) is 19.6 Å². The fourth-order valence-electron chi connectivity index (χ4n) is 2.53. The van der Waals surface area contributed by atoms with Gasteiger partial charge >= 0.3 is 0 Å². The average molecular weight is 285 g/mol. The van der Waals surface area contributed by atoms with Crippen molar-refractivity contribution >= 4 is 11.0 Å². The van der Waals surface area contributed by atoms with Crippen LogP contribution in [0.25, 0.3) is 11.0 Å². The maximum absolute atomic E-state index is 9.32. The van der Waals surface area contributed by atoms with E-state index in [-0.39, 0.29) is 6.61 Å². The van der Waals surface area contributed by atoms with E-state index in [1.807, 2.05) is 12.2 Å². The molecule has 1 heterocycles. The number of fused-ring (bicyclic) bond motifs is 1. The van der Waals surface area contributed by atoms with E-state index < -0.39 is 0 Å². The van der Waals surface area contributed by atoms with Crippen LogP contribution < -0.4 is 0 Å². The van der Waals surface area contributed by atoms with E-state index in [4.69, 9.17) is 4.98 Å². The highest BCUT2D eigenvalue weighted by molar-refractivity contribution is 5.76. The summed E-state index contributed by atoms with van der Waals surface area (Å²) in [6.07, 6.45) is 3.76. The molecule has 21 heavy (non-hydrogen) atoms. The Labute approximate surface area is 126 Å². The van der Waals surface area contributed by atoms with Crippen molar-refractivity contribution in [2.45, 2.75) is 20.0 Å². The zero-order valence-electron chi connectivity index (χ0n) is 12.6. The molecule has 0 aliphatic carbocycles. The number of aryl methyl sites for hydroxylation is 1. The lowest BCUT2D eigenvalue weighted by Gasteiger charge is -2.19. The van der Waals surface area contributed by atoms with E-state index >= 15 is 0 Å². The Balaban J connectivity index is 2.38. The maximum atomic E-state index is 9.32. The molecule has 0 amide bonds. The predicted molar refractivity (Wildman–Crippen MR) is 87.2 cm³/mol. The molecule has 1 aromatic carbocycles. The van der Waals surface area contributed by atoms with Crippen LogP contribution in [0.15, 0.2) is 43.5 Å². The average Bonchev–Trinajstić information content (AvgIpc) is 2.77. The molecule has 0 aliphatic rings. The molecule has 1 aromatic heterocycles. The third-order valence-electron chi connectivity index (χ3n) is 3.45. The predicted octanol–water partition coefficient (Wildman–Crippen LogP) is 2.51. The topological polar surface area (TPSA) is 41.3 Å². The third kappa shape index (κ3) is 3.60. The monoisotopic (exact) mass is 285 g/mol. The van der Waals surface area contributed by atoms with Gasteiger partial charge in [0.05, 0.1) is 24.2 Å². The molecule has 0 aliphatic heterocycles. The molecule has 0 saturated heterocycles. The molecule has 0 fully saturated rings. The summed E-state index contributed by atoms with van der Waals surface area (Å²) in [5.74, 6) is 0.966. The summed E-state index contributed by atoms with van der Waals surface area (Å²) in [7, 11) is 0. The number of rotatable bonds is 8. The zero-order valence-corrected chi connectivity index (χ0v) is 12.6. The van der Waals surface area contributed by atoms with E-state index in [0.717, 1.165) is 29.9 Å². The lowest BCUT2D eigenvalue weighted by molar-refractivity contribution is 0.267. The molecular formula is C17H23N3O. The number of hydrogen-bond donors (Lipinski definition) is 1. The summed E-state index contributed by atoms with van der Waals surface area (Å²) < 4.78 is 2.09. The van der Waals surface area contributed by atoms with Crippen LogP contribution in [-0.2, 0) is 13.1 Å². The molecule has 0 radical (unpaired) electrons. The second-order valence-electron chi connectivity index (χ2n) is 5.17. The summed E-state index contributed by atoms with van der Waals surface area (Å²) in [6, 6.07) is 6.23. The number of hydrogen-bond acceptors (Lipinski definition) is 3. The quantitative estimate of drug-likeness (QED) is 0.758. The van der Waals surface area contributed by atoms with Crippen LogP contribution >= 0.6 is 0 Å². The van der Waals surface area contributed by atoms with Gasteiger partial charge in [0.15, 0.2) is 0 Å². The van der Waals surface area contributed by atoms with Gasteiger partial charge in [-0.05, 0) is 24.6 Å². The van der Waals surface area contributed by atoms with Gasteiger partial charge in [-0.3, -0.25) is 4.90 Å². The van der Waals surface area contributed by atoms with Crippen LogP contribution in [0.1, 0.15) is 11.4 Å². The minimum absolute atomic E-state index is 0.106. The van der Waals surface area contributed by atoms with Crippen molar-refractivity contribution in [3.05, 3.63) is 54.9 Å². The van der Waals surface area contributed by atoms with Gasteiger partial charge in [-0.1, -0.05) is 18.2 Å². The van der Waals surface area contributed by atoms with Crippen LogP contribution in [0, 0.1) is 6.92 Å². The first kappa shape index (κ1) is 15.5. The molecule has 0 bridgehead atoms. The minimum atomic E-state index is 0.106. The lowest BCUT2D eigenvalue weighted by Crippen LogP contribution is -2.25. The number of aliphatic hydroxyl groups excluding tert-OH is 1. The highest BCUT2D eigenvalue weighted by Gasteiger charge is 2.13. The first-order chi connectivity index (χ1) is 10.2. The van der Waals surface area contributed by atoms with Gasteiger partial charge in [-0.25, -0.2) is 4.98 Å². The summed E-state index contributed by atoms with van der Waals surface area (Å²) >= 11 is 0.